The number of rotatable bonds is 9. The molecule has 4 nitrogen and oxygen atoms in total. The van der Waals surface area contributed by atoms with Gasteiger partial charge in [-0.25, -0.2) is 0 Å². The molecule has 0 aromatic rings. The van der Waals surface area contributed by atoms with Gasteiger partial charge >= 0.3 is 0 Å². The van der Waals surface area contributed by atoms with Crippen molar-refractivity contribution in [2.45, 2.75) is 46.0 Å². The summed E-state index contributed by atoms with van der Waals surface area (Å²) in [5.41, 5.74) is 0. The highest BCUT2D eigenvalue weighted by Gasteiger charge is 2.19. The summed E-state index contributed by atoms with van der Waals surface area (Å²) in [5, 5.41) is 3.37. The molecule has 0 atom stereocenters. The van der Waals surface area contributed by atoms with Gasteiger partial charge < -0.3 is 15.0 Å². The van der Waals surface area contributed by atoms with Crippen LogP contribution in [0.3, 0.4) is 0 Å². The standard InChI is InChI=1S/C15H30N2O2/c1-3-10-17(13-14-5-8-16-9-6-14)15(18)7-12-19-11-4-2/h14,16H,3-13H2,1-2H3. The maximum atomic E-state index is 12.2. The summed E-state index contributed by atoms with van der Waals surface area (Å²) >= 11 is 0. The Kier molecular flexibility index (Phi) is 8.84. The number of nitrogens with zero attached hydrogens (tertiary/aromatic N) is 1. The molecule has 1 fully saturated rings. The number of amides is 1. The first-order chi connectivity index (χ1) is 9.27. The lowest BCUT2D eigenvalue weighted by Gasteiger charge is -2.30. The lowest BCUT2D eigenvalue weighted by Crippen LogP contribution is -2.40. The molecule has 0 aromatic heterocycles. The third-order valence-corrected chi connectivity index (χ3v) is 3.59. The van der Waals surface area contributed by atoms with Gasteiger partial charge in [-0.05, 0) is 44.7 Å². The second-order valence-corrected chi connectivity index (χ2v) is 5.40. The van der Waals surface area contributed by atoms with E-state index in [1.807, 2.05) is 4.90 Å². The zero-order valence-electron chi connectivity index (χ0n) is 12.6. The molecule has 0 saturated carbocycles. The normalized spacial score (nSPS) is 16.5. The summed E-state index contributed by atoms with van der Waals surface area (Å²) in [4.78, 5) is 14.2. The van der Waals surface area contributed by atoms with E-state index in [0.29, 0.717) is 18.9 Å². The van der Waals surface area contributed by atoms with Gasteiger partial charge in [-0.1, -0.05) is 13.8 Å². The largest absolute Gasteiger partial charge is 0.381 e. The Morgan fingerprint density at radius 2 is 1.95 bits per heavy atom. The Morgan fingerprint density at radius 1 is 1.21 bits per heavy atom. The molecule has 0 spiro atoms. The molecule has 0 unspecified atom stereocenters. The number of hydrogen-bond donors (Lipinski definition) is 1. The first kappa shape index (κ1) is 16.4. The second kappa shape index (κ2) is 10.2. The Hall–Kier alpha value is -0.610. The van der Waals surface area contributed by atoms with Crippen LogP contribution >= 0.6 is 0 Å². The predicted molar refractivity (Wildman–Crippen MR) is 78.2 cm³/mol. The molecule has 1 N–H and O–H groups in total. The Labute approximate surface area is 117 Å². The van der Waals surface area contributed by atoms with Crippen LogP contribution < -0.4 is 5.32 Å². The van der Waals surface area contributed by atoms with E-state index in [9.17, 15) is 4.79 Å². The first-order valence-electron chi connectivity index (χ1n) is 7.84. The molecule has 0 bridgehead atoms. The van der Waals surface area contributed by atoms with E-state index in [1.165, 1.54) is 12.8 Å². The number of piperidine rings is 1. The van der Waals surface area contributed by atoms with Crippen LogP contribution in [0.15, 0.2) is 0 Å². The fraction of sp³-hybridized carbons (Fsp3) is 0.933. The molecule has 4 heteroatoms. The van der Waals surface area contributed by atoms with Gasteiger partial charge in [0.2, 0.25) is 5.91 Å². The lowest BCUT2D eigenvalue weighted by atomic mass is 9.97. The SMILES string of the molecule is CCCOCCC(=O)N(CCC)CC1CCNCC1. The molecule has 1 amide bonds. The molecular formula is C15H30N2O2. The molecule has 1 heterocycles. The smallest absolute Gasteiger partial charge is 0.224 e. The summed E-state index contributed by atoms with van der Waals surface area (Å²) in [5.74, 6) is 0.935. The minimum atomic E-state index is 0.261. The quantitative estimate of drug-likeness (QED) is 0.652. The third-order valence-electron chi connectivity index (χ3n) is 3.59. The van der Waals surface area contributed by atoms with Crippen molar-refractivity contribution in [1.82, 2.24) is 10.2 Å². The van der Waals surface area contributed by atoms with Crippen molar-refractivity contribution >= 4 is 5.91 Å². The van der Waals surface area contributed by atoms with E-state index in [1.54, 1.807) is 0 Å². The molecule has 1 rings (SSSR count). The maximum absolute atomic E-state index is 12.2. The van der Waals surface area contributed by atoms with Crippen molar-refractivity contribution in [1.29, 1.82) is 0 Å². The van der Waals surface area contributed by atoms with E-state index in [4.69, 9.17) is 4.74 Å². The van der Waals surface area contributed by atoms with Crippen molar-refractivity contribution in [3.63, 3.8) is 0 Å². The average Bonchev–Trinajstić information content (AvgIpc) is 2.44. The highest BCUT2D eigenvalue weighted by Crippen LogP contribution is 2.14. The summed E-state index contributed by atoms with van der Waals surface area (Å²) in [6, 6.07) is 0. The summed E-state index contributed by atoms with van der Waals surface area (Å²) < 4.78 is 5.41. The molecular weight excluding hydrogens is 240 g/mol. The molecule has 1 aliphatic heterocycles. The summed E-state index contributed by atoms with van der Waals surface area (Å²) in [6.45, 7) is 9.56. The van der Waals surface area contributed by atoms with Crippen LogP contribution in [0.25, 0.3) is 0 Å². The van der Waals surface area contributed by atoms with Gasteiger partial charge in [0, 0.05) is 19.7 Å². The van der Waals surface area contributed by atoms with Crippen molar-refractivity contribution in [2.75, 3.05) is 39.4 Å². The molecule has 1 aliphatic rings. The molecule has 1 saturated heterocycles. The van der Waals surface area contributed by atoms with Crippen LogP contribution in [0.2, 0.25) is 0 Å². The maximum Gasteiger partial charge on any atom is 0.224 e. The lowest BCUT2D eigenvalue weighted by molar-refractivity contribution is -0.133. The molecule has 0 aromatic carbocycles. The van der Waals surface area contributed by atoms with Gasteiger partial charge in [0.25, 0.3) is 0 Å². The van der Waals surface area contributed by atoms with Gasteiger partial charge in [0.1, 0.15) is 0 Å². The van der Waals surface area contributed by atoms with Gasteiger partial charge in [-0.2, -0.15) is 0 Å². The highest BCUT2D eigenvalue weighted by atomic mass is 16.5. The average molecular weight is 270 g/mol. The molecule has 0 radical (unpaired) electrons. The van der Waals surface area contributed by atoms with Gasteiger partial charge in [-0.3, -0.25) is 4.79 Å². The second-order valence-electron chi connectivity index (χ2n) is 5.40. The van der Waals surface area contributed by atoms with Crippen LogP contribution in [0.5, 0.6) is 0 Å². The van der Waals surface area contributed by atoms with Gasteiger partial charge in [0.15, 0.2) is 0 Å². The molecule has 19 heavy (non-hydrogen) atoms. The highest BCUT2D eigenvalue weighted by molar-refractivity contribution is 5.76. The Bertz CT molecular complexity index is 240. The van der Waals surface area contributed by atoms with E-state index in [-0.39, 0.29) is 5.91 Å². The van der Waals surface area contributed by atoms with Crippen molar-refractivity contribution in [2.24, 2.45) is 5.92 Å². The molecule has 0 aliphatic carbocycles. The fourth-order valence-corrected chi connectivity index (χ4v) is 2.53. The fourth-order valence-electron chi connectivity index (χ4n) is 2.53. The first-order valence-corrected chi connectivity index (χ1v) is 7.84. The summed E-state index contributed by atoms with van der Waals surface area (Å²) in [6.07, 6.45) is 4.97. The van der Waals surface area contributed by atoms with Gasteiger partial charge in [0.05, 0.1) is 13.0 Å². The van der Waals surface area contributed by atoms with E-state index in [0.717, 1.165) is 45.6 Å². The van der Waals surface area contributed by atoms with E-state index in [2.05, 4.69) is 19.2 Å². The molecule has 112 valence electrons. The topological polar surface area (TPSA) is 41.6 Å². The number of nitrogens with one attached hydrogen (secondary N) is 1. The minimum absolute atomic E-state index is 0.261. The van der Waals surface area contributed by atoms with Gasteiger partial charge in [-0.15, -0.1) is 0 Å². The van der Waals surface area contributed by atoms with Crippen LogP contribution in [0, 0.1) is 5.92 Å². The van der Waals surface area contributed by atoms with E-state index < -0.39 is 0 Å². The van der Waals surface area contributed by atoms with Crippen LogP contribution in [0.1, 0.15) is 46.0 Å². The van der Waals surface area contributed by atoms with Crippen LogP contribution in [-0.2, 0) is 9.53 Å². The zero-order chi connectivity index (χ0) is 13.9. The number of hydrogen-bond acceptors (Lipinski definition) is 3. The number of carbonyl (C=O) groups is 1. The monoisotopic (exact) mass is 270 g/mol. The van der Waals surface area contributed by atoms with Crippen LogP contribution in [-0.4, -0.2) is 50.2 Å². The number of carbonyl (C=O) groups excluding carboxylic acids is 1. The number of ether oxygens (including phenoxy) is 1. The van der Waals surface area contributed by atoms with Crippen molar-refractivity contribution < 1.29 is 9.53 Å². The Morgan fingerprint density at radius 3 is 2.58 bits per heavy atom. The minimum Gasteiger partial charge on any atom is -0.381 e. The Balaban J connectivity index is 2.30. The summed E-state index contributed by atoms with van der Waals surface area (Å²) in [7, 11) is 0. The zero-order valence-corrected chi connectivity index (χ0v) is 12.6. The van der Waals surface area contributed by atoms with Crippen LogP contribution in [0.4, 0.5) is 0 Å². The van der Waals surface area contributed by atoms with Crippen molar-refractivity contribution in [3.8, 4) is 0 Å². The van der Waals surface area contributed by atoms with E-state index >= 15 is 0 Å². The third kappa shape index (κ3) is 6.92. The predicted octanol–water partition coefficient (Wildman–Crippen LogP) is 2.04. The van der Waals surface area contributed by atoms with Crippen molar-refractivity contribution in [3.05, 3.63) is 0 Å².